The van der Waals surface area contributed by atoms with Gasteiger partial charge in [-0.1, -0.05) is 71.7 Å². The predicted octanol–water partition coefficient (Wildman–Crippen LogP) is 7.20. The van der Waals surface area contributed by atoms with E-state index >= 15 is 0 Å². The Morgan fingerprint density at radius 2 is 0.844 bits per heavy atom. The monoisotopic (exact) mass is 464 g/mol. The summed E-state index contributed by atoms with van der Waals surface area (Å²) < 4.78 is 11.1. The van der Waals surface area contributed by atoms with Gasteiger partial charge in [0.1, 0.15) is 11.5 Å². The maximum atomic E-state index is 11.7. The fraction of sp³-hybridized carbons (Fsp3) is 0.0385. The normalized spacial score (nSPS) is 10.7. The van der Waals surface area contributed by atoms with Crippen molar-refractivity contribution in [2.75, 3.05) is 0 Å². The maximum Gasteiger partial charge on any atom is 0.387 e. The van der Waals surface area contributed by atoms with Crippen LogP contribution in [-0.2, 0) is 4.79 Å². The van der Waals surface area contributed by atoms with Crippen molar-refractivity contribution in [1.82, 2.24) is 0 Å². The van der Waals surface area contributed by atoms with Crippen LogP contribution < -0.4 is 9.47 Å². The molecule has 4 aromatic carbocycles. The summed E-state index contributed by atoms with van der Waals surface area (Å²) in [6, 6.07) is 29.1. The van der Waals surface area contributed by atoms with Gasteiger partial charge in [0.2, 0.25) is 0 Å². The van der Waals surface area contributed by atoms with Gasteiger partial charge in [0.25, 0.3) is 0 Å². The molecule has 0 saturated carbocycles. The van der Waals surface area contributed by atoms with Crippen molar-refractivity contribution in [2.24, 2.45) is 0 Å². The number of carbonyl (C=O) groups is 1. The molecule has 0 amide bonds. The van der Waals surface area contributed by atoms with Gasteiger partial charge in [0.05, 0.1) is 0 Å². The highest BCUT2D eigenvalue weighted by atomic mass is 35.5. The van der Waals surface area contributed by atoms with E-state index in [9.17, 15) is 9.90 Å². The van der Waals surface area contributed by atoms with Gasteiger partial charge in [-0.25, -0.2) is 4.79 Å². The van der Waals surface area contributed by atoms with Gasteiger partial charge in [0, 0.05) is 10.0 Å². The maximum absolute atomic E-state index is 11.7. The van der Waals surface area contributed by atoms with Gasteiger partial charge in [-0.15, -0.1) is 0 Å². The molecule has 6 heteroatoms. The highest BCUT2D eigenvalue weighted by Crippen LogP contribution is 2.26. The first kappa shape index (κ1) is 21.8. The van der Waals surface area contributed by atoms with Gasteiger partial charge in [-0.3, -0.25) is 0 Å². The molecular weight excluding hydrogens is 447 g/mol. The van der Waals surface area contributed by atoms with E-state index in [4.69, 9.17) is 32.7 Å². The molecule has 0 radical (unpaired) electrons. The first-order valence-corrected chi connectivity index (χ1v) is 10.5. The van der Waals surface area contributed by atoms with Crippen LogP contribution in [0.4, 0.5) is 0 Å². The average Bonchev–Trinajstić information content (AvgIpc) is 2.81. The van der Waals surface area contributed by atoms with Crippen LogP contribution in [0.2, 0.25) is 10.0 Å². The molecule has 1 N–H and O–H groups in total. The van der Waals surface area contributed by atoms with Crippen LogP contribution in [-0.4, -0.2) is 17.4 Å². The summed E-state index contributed by atoms with van der Waals surface area (Å²) in [5.74, 6) is -0.464. The Hall–Kier alpha value is -3.47. The first-order chi connectivity index (χ1) is 15.5. The topological polar surface area (TPSA) is 55.8 Å². The third-order valence-corrected chi connectivity index (χ3v) is 5.26. The predicted molar refractivity (Wildman–Crippen MR) is 126 cm³/mol. The minimum Gasteiger partial charge on any atom is -0.476 e. The van der Waals surface area contributed by atoms with E-state index in [0.29, 0.717) is 21.5 Å². The highest BCUT2D eigenvalue weighted by molar-refractivity contribution is 6.30. The molecule has 0 bridgehead atoms. The zero-order valence-corrected chi connectivity index (χ0v) is 18.3. The lowest BCUT2D eigenvalue weighted by atomic mass is 10.1. The summed E-state index contributed by atoms with van der Waals surface area (Å²) in [6.45, 7) is 0. The number of hydrogen-bond donors (Lipinski definition) is 1. The van der Waals surface area contributed by atoms with E-state index in [1.165, 1.54) is 0 Å². The van der Waals surface area contributed by atoms with Crippen LogP contribution in [0.25, 0.3) is 22.3 Å². The molecule has 4 rings (SSSR count). The number of rotatable bonds is 7. The van der Waals surface area contributed by atoms with Crippen molar-refractivity contribution in [3.05, 3.63) is 107 Å². The van der Waals surface area contributed by atoms with Crippen molar-refractivity contribution in [3.63, 3.8) is 0 Å². The quantitative estimate of drug-likeness (QED) is 0.294. The lowest BCUT2D eigenvalue weighted by Crippen LogP contribution is -2.33. The standard InChI is InChI=1S/C26H18Cl2O4/c27-21-9-1-17(2-10-21)19-5-13-23(14-6-19)31-26(25(29)30)32-24-15-7-20(8-16-24)18-3-11-22(28)12-4-18/h1-16,26H,(H,29,30). The molecule has 4 nitrogen and oxygen atoms in total. The minimum absolute atomic E-state index is 0.382. The van der Waals surface area contributed by atoms with E-state index in [1.54, 1.807) is 24.3 Å². The number of aliphatic carboxylic acids is 1. The minimum atomic E-state index is -1.49. The van der Waals surface area contributed by atoms with Crippen molar-refractivity contribution in [1.29, 1.82) is 0 Å². The zero-order valence-electron chi connectivity index (χ0n) is 16.7. The van der Waals surface area contributed by atoms with Crippen molar-refractivity contribution < 1.29 is 19.4 Å². The fourth-order valence-electron chi connectivity index (χ4n) is 3.11. The second-order valence-corrected chi connectivity index (χ2v) is 7.84. The molecule has 4 aromatic rings. The van der Waals surface area contributed by atoms with E-state index in [-0.39, 0.29) is 0 Å². The summed E-state index contributed by atoms with van der Waals surface area (Å²) in [6.07, 6.45) is -1.49. The number of ether oxygens (including phenoxy) is 2. The van der Waals surface area contributed by atoms with Gasteiger partial charge >= 0.3 is 12.3 Å². The molecule has 0 aliphatic carbocycles. The summed E-state index contributed by atoms with van der Waals surface area (Å²) >= 11 is 11.9. The molecule has 0 aliphatic rings. The molecule has 0 aliphatic heterocycles. The summed E-state index contributed by atoms with van der Waals surface area (Å²) in [4.78, 5) is 11.7. The number of halogens is 2. The number of carboxylic acids is 1. The lowest BCUT2D eigenvalue weighted by Gasteiger charge is -2.17. The molecule has 0 saturated heterocycles. The fourth-order valence-corrected chi connectivity index (χ4v) is 3.36. The van der Waals surface area contributed by atoms with E-state index in [1.807, 2.05) is 72.8 Å². The van der Waals surface area contributed by atoms with Crippen LogP contribution in [0.15, 0.2) is 97.1 Å². The van der Waals surface area contributed by atoms with E-state index < -0.39 is 12.3 Å². The number of carboxylic acid groups (broad SMARTS) is 1. The van der Waals surface area contributed by atoms with Crippen LogP contribution in [0.1, 0.15) is 0 Å². The lowest BCUT2D eigenvalue weighted by molar-refractivity contribution is -0.158. The Morgan fingerprint density at radius 3 is 1.12 bits per heavy atom. The van der Waals surface area contributed by atoms with Crippen LogP contribution in [0.5, 0.6) is 11.5 Å². The van der Waals surface area contributed by atoms with Gasteiger partial charge in [-0.05, 0) is 70.8 Å². The highest BCUT2D eigenvalue weighted by Gasteiger charge is 2.21. The Labute approximate surface area is 195 Å². The van der Waals surface area contributed by atoms with E-state index in [0.717, 1.165) is 22.3 Å². The van der Waals surface area contributed by atoms with Gasteiger partial charge in [-0.2, -0.15) is 0 Å². The van der Waals surface area contributed by atoms with Gasteiger partial charge < -0.3 is 14.6 Å². The third kappa shape index (κ3) is 5.41. The summed E-state index contributed by atoms with van der Waals surface area (Å²) in [7, 11) is 0. The van der Waals surface area contributed by atoms with Crippen molar-refractivity contribution >= 4 is 29.2 Å². The average molecular weight is 465 g/mol. The molecular formula is C26H18Cl2O4. The molecule has 0 spiro atoms. The molecule has 32 heavy (non-hydrogen) atoms. The molecule has 0 aromatic heterocycles. The Bertz CT molecular complexity index is 1100. The molecule has 0 unspecified atom stereocenters. The summed E-state index contributed by atoms with van der Waals surface area (Å²) in [5.41, 5.74) is 3.90. The second-order valence-electron chi connectivity index (χ2n) is 6.97. The molecule has 0 fully saturated rings. The molecule has 160 valence electrons. The van der Waals surface area contributed by atoms with Crippen molar-refractivity contribution in [3.8, 4) is 33.8 Å². The number of hydrogen-bond acceptors (Lipinski definition) is 3. The SMILES string of the molecule is O=C(O)C(Oc1ccc(-c2ccc(Cl)cc2)cc1)Oc1ccc(-c2ccc(Cl)cc2)cc1. The van der Waals surface area contributed by atoms with Crippen molar-refractivity contribution in [2.45, 2.75) is 6.29 Å². The Morgan fingerprint density at radius 1 is 0.562 bits per heavy atom. The van der Waals surface area contributed by atoms with Crippen LogP contribution >= 0.6 is 23.2 Å². The Kier molecular flexibility index (Phi) is 6.64. The third-order valence-electron chi connectivity index (χ3n) is 4.75. The van der Waals surface area contributed by atoms with Crippen LogP contribution in [0.3, 0.4) is 0 Å². The van der Waals surface area contributed by atoms with Gasteiger partial charge in [0.15, 0.2) is 0 Å². The largest absolute Gasteiger partial charge is 0.476 e. The smallest absolute Gasteiger partial charge is 0.387 e. The molecule has 0 heterocycles. The zero-order chi connectivity index (χ0) is 22.5. The van der Waals surface area contributed by atoms with Crippen LogP contribution in [0, 0.1) is 0 Å². The Balaban J connectivity index is 1.44. The number of benzene rings is 4. The first-order valence-electron chi connectivity index (χ1n) is 9.76. The molecule has 0 atom stereocenters. The summed E-state index contributed by atoms with van der Waals surface area (Å²) in [5, 5.41) is 10.9. The van der Waals surface area contributed by atoms with E-state index in [2.05, 4.69) is 0 Å². The second kappa shape index (κ2) is 9.77.